The third-order valence-corrected chi connectivity index (χ3v) is 5.66. The number of hydrogen-bond acceptors (Lipinski definition) is 4. The Balaban J connectivity index is 1.77. The van der Waals surface area contributed by atoms with Crippen LogP contribution in [0.25, 0.3) is 0 Å². The van der Waals surface area contributed by atoms with E-state index >= 15 is 0 Å². The van der Waals surface area contributed by atoms with Crippen LogP contribution in [0.15, 0.2) is 5.38 Å². The summed E-state index contributed by atoms with van der Waals surface area (Å²) in [6.45, 7) is 5.91. The van der Waals surface area contributed by atoms with Crippen LogP contribution in [0.1, 0.15) is 24.0 Å². The molecule has 5 heteroatoms. The number of thioether (sulfide) groups is 1. The molecule has 0 aliphatic carbocycles. The molecule has 0 N–H and O–H groups in total. The second-order valence-electron chi connectivity index (χ2n) is 4.32. The minimum atomic E-state index is 0.536. The molecule has 1 saturated heterocycles. The Bertz CT molecular complexity index is 343. The first-order valence-corrected chi connectivity index (χ1v) is 8.61. The molecule has 1 aromatic heterocycles. The summed E-state index contributed by atoms with van der Waals surface area (Å²) < 4.78 is 0. The Labute approximate surface area is 117 Å². The van der Waals surface area contributed by atoms with Crippen LogP contribution in [0.4, 0.5) is 0 Å². The molecule has 0 radical (unpaired) electrons. The number of aromatic nitrogens is 1. The zero-order valence-electron chi connectivity index (χ0n) is 10.2. The van der Waals surface area contributed by atoms with Gasteiger partial charge in [-0.15, -0.1) is 22.9 Å². The van der Waals surface area contributed by atoms with Gasteiger partial charge in [0.05, 0.1) is 16.6 Å². The van der Waals surface area contributed by atoms with Crippen molar-refractivity contribution in [2.24, 2.45) is 0 Å². The highest BCUT2D eigenvalue weighted by Crippen LogP contribution is 2.21. The predicted octanol–water partition coefficient (Wildman–Crippen LogP) is 3.25. The second-order valence-corrected chi connectivity index (χ2v) is 6.94. The molecule has 0 aromatic carbocycles. The van der Waals surface area contributed by atoms with Crippen molar-refractivity contribution in [3.8, 4) is 0 Å². The van der Waals surface area contributed by atoms with Crippen LogP contribution in [0, 0.1) is 0 Å². The van der Waals surface area contributed by atoms with E-state index in [0.717, 1.165) is 23.9 Å². The van der Waals surface area contributed by atoms with Gasteiger partial charge < -0.3 is 4.90 Å². The zero-order chi connectivity index (χ0) is 12.1. The first kappa shape index (κ1) is 13.7. The highest BCUT2D eigenvalue weighted by atomic mass is 35.5. The van der Waals surface area contributed by atoms with Crippen LogP contribution in [0.2, 0.25) is 0 Å². The lowest BCUT2D eigenvalue weighted by Crippen LogP contribution is -2.38. The van der Waals surface area contributed by atoms with Gasteiger partial charge in [0, 0.05) is 42.4 Å². The largest absolute Gasteiger partial charge is 0.301 e. The van der Waals surface area contributed by atoms with E-state index in [1.165, 1.54) is 30.3 Å². The SMILES string of the molecule is CCC1CN(CCc2nc(CCl)cs2)CCS1. The standard InChI is InChI=1S/C12H19ClN2S2/c1-2-11-8-15(5-6-16-11)4-3-12-14-10(7-13)9-17-12/h9,11H,2-8H2,1H3. The van der Waals surface area contributed by atoms with Crippen molar-refractivity contribution in [2.75, 3.05) is 25.4 Å². The number of nitrogens with zero attached hydrogens (tertiary/aromatic N) is 2. The van der Waals surface area contributed by atoms with Crippen LogP contribution in [0.3, 0.4) is 0 Å². The fourth-order valence-electron chi connectivity index (χ4n) is 2.01. The fourth-order valence-corrected chi connectivity index (χ4v) is 4.27. The lowest BCUT2D eigenvalue weighted by molar-refractivity contribution is 0.284. The summed E-state index contributed by atoms with van der Waals surface area (Å²) in [6.07, 6.45) is 2.36. The minimum Gasteiger partial charge on any atom is -0.301 e. The van der Waals surface area contributed by atoms with Gasteiger partial charge >= 0.3 is 0 Å². The molecule has 1 atom stereocenters. The average Bonchev–Trinajstić information content (AvgIpc) is 2.84. The Morgan fingerprint density at radius 1 is 1.59 bits per heavy atom. The third kappa shape index (κ3) is 4.12. The van der Waals surface area contributed by atoms with Gasteiger partial charge in [0.25, 0.3) is 0 Å². The van der Waals surface area contributed by atoms with E-state index in [4.69, 9.17) is 11.6 Å². The summed E-state index contributed by atoms with van der Waals surface area (Å²) >= 11 is 9.62. The molecule has 1 aliphatic heterocycles. The van der Waals surface area contributed by atoms with E-state index < -0.39 is 0 Å². The molecule has 0 bridgehead atoms. The van der Waals surface area contributed by atoms with Crippen LogP contribution < -0.4 is 0 Å². The van der Waals surface area contributed by atoms with Crippen molar-refractivity contribution in [1.82, 2.24) is 9.88 Å². The maximum Gasteiger partial charge on any atom is 0.0941 e. The van der Waals surface area contributed by atoms with Gasteiger partial charge in [0.15, 0.2) is 0 Å². The van der Waals surface area contributed by atoms with E-state index in [1.807, 2.05) is 0 Å². The predicted molar refractivity (Wildman–Crippen MR) is 78.4 cm³/mol. The molecule has 2 nitrogen and oxygen atoms in total. The van der Waals surface area contributed by atoms with E-state index in [1.54, 1.807) is 11.3 Å². The maximum atomic E-state index is 5.76. The van der Waals surface area contributed by atoms with E-state index in [0.29, 0.717) is 5.88 Å². The summed E-state index contributed by atoms with van der Waals surface area (Å²) in [6, 6.07) is 0. The maximum absolute atomic E-state index is 5.76. The highest BCUT2D eigenvalue weighted by Gasteiger charge is 2.18. The Kier molecular flexibility index (Phi) is 5.60. The van der Waals surface area contributed by atoms with Crippen molar-refractivity contribution in [3.05, 3.63) is 16.1 Å². The lowest BCUT2D eigenvalue weighted by Gasteiger charge is -2.31. The van der Waals surface area contributed by atoms with Gasteiger partial charge in [-0.1, -0.05) is 6.92 Å². The summed E-state index contributed by atoms with van der Waals surface area (Å²) in [5.41, 5.74) is 1.02. The van der Waals surface area contributed by atoms with Gasteiger partial charge in [-0.2, -0.15) is 11.8 Å². The summed E-state index contributed by atoms with van der Waals surface area (Å²) in [5, 5.41) is 4.13. The average molecular weight is 291 g/mol. The molecular weight excluding hydrogens is 272 g/mol. The van der Waals surface area contributed by atoms with Gasteiger partial charge in [0.2, 0.25) is 0 Å². The number of halogens is 1. The molecular formula is C12H19ClN2S2. The van der Waals surface area contributed by atoms with Crippen LogP contribution in [0.5, 0.6) is 0 Å². The highest BCUT2D eigenvalue weighted by molar-refractivity contribution is 8.00. The molecule has 1 fully saturated rings. The third-order valence-electron chi connectivity index (χ3n) is 3.06. The number of alkyl halides is 1. The molecule has 96 valence electrons. The van der Waals surface area contributed by atoms with E-state index in [-0.39, 0.29) is 0 Å². The lowest BCUT2D eigenvalue weighted by atomic mass is 10.3. The fraction of sp³-hybridized carbons (Fsp3) is 0.750. The van der Waals surface area contributed by atoms with Crippen molar-refractivity contribution in [2.45, 2.75) is 30.9 Å². The van der Waals surface area contributed by atoms with Crippen molar-refractivity contribution >= 4 is 34.7 Å². The van der Waals surface area contributed by atoms with Crippen molar-refractivity contribution in [3.63, 3.8) is 0 Å². The zero-order valence-corrected chi connectivity index (χ0v) is 12.6. The summed E-state index contributed by atoms with van der Waals surface area (Å²) in [4.78, 5) is 7.08. The Morgan fingerprint density at radius 3 is 3.18 bits per heavy atom. The van der Waals surface area contributed by atoms with E-state index in [2.05, 4.69) is 33.9 Å². The van der Waals surface area contributed by atoms with Gasteiger partial charge in [0.1, 0.15) is 0 Å². The molecule has 0 amide bonds. The minimum absolute atomic E-state index is 0.536. The molecule has 2 heterocycles. The quantitative estimate of drug-likeness (QED) is 0.775. The number of rotatable bonds is 5. The number of hydrogen-bond donors (Lipinski definition) is 0. The monoisotopic (exact) mass is 290 g/mol. The Hall–Kier alpha value is 0.230. The molecule has 17 heavy (non-hydrogen) atoms. The van der Waals surface area contributed by atoms with Gasteiger partial charge in [-0.05, 0) is 6.42 Å². The topological polar surface area (TPSA) is 16.1 Å². The molecule has 1 aromatic rings. The van der Waals surface area contributed by atoms with Gasteiger partial charge in [-0.25, -0.2) is 4.98 Å². The van der Waals surface area contributed by atoms with Crippen LogP contribution >= 0.6 is 34.7 Å². The summed E-state index contributed by atoms with van der Waals surface area (Å²) in [7, 11) is 0. The Morgan fingerprint density at radius 2 is 2.47 bits per heavy atom. The molecule has 1 aliphatic rings. The molecule has 2 rings (SSSR count). The second kappa shape index (κ2) is 6.98. The molecule has 0 spiro atoms. The number of thiazole rings is 1. The summed E-state index contributed by atoms with van der Waals surface area (Å²) in [5.74, 6) is 1.82. The van der Waals surface area contributed by atoms with Crippen molar-refractivity contribution in [1.29, 1.82) is 0 Å². The van der Waals surface area contributed by atoms with Gasteiger partial charge in [-0.3, -0.25) is 0 Å². The smallest absolute Gasteiger partial charge is 0.0941 e. The first-order valence-electron chi connectivity index (χ1n) is 6.15. The molecule has 0 saturated carbocycles. The van der Waals surface area contributed by atoms with Crippen LogP contribution in [-0.2, 0) is 12.3 Å². The van der Waals surface area contributed by atoms with E-state index in [9.17, 15) is 0 Å². The van der Waals surface area contributed by atoms with Crippen LogP contribution in [-0.4, -0.2) is 40.5 Å². The van der Waals surface area contributed by atoms with Crippen molar-refractivity contribution < 1.29 is 0 Å². The first-order chi connectivity index (χ1) is 8.31. The molecule has 1 unspecified atom stereocenters. The normalized spacial score (nSPS) is 21.9.